The summed E-state index contributed by atoms with van der Waals surface area (Å²) >= 11 is 0. The lowest BCUT2D eigenvalue weighted by Gasteiger charge is -2.38. The number of carbonyl (C=O) groups is 2. The van der Waals surface area contributed by atoms with Crippen molar-refractivity contribution in [3.05, 3.63) is 29.8 Å². The van der Waals surface area contributed by atoms with Crippen LogP contribution in [0.25, 0.3) is 0 Å². The topological polar surface area (TPSA) is 53.1 Å². The van der Waals surface area contributed by atoms with Crippen molar-refractivity contribution in [1.29, 1.82) is 0 Å². The molecule has 1 fully saturated rings. The lowest BCUT2D eigenvalue weighted by molar-refractivity contribution is -0.134. The van der Waals surface area contributed by atoms with E-state index in [0.717, 1.165) is 44.1 Å². The van der Waals surface area contributed by atoms with Gasteiger partial charge in [0, 0.05) is 52.3 Å². The first kappa shape index (κ1) is 19.8. The minimum atomic E-state index is -0.441. The van der Waals surface area contributed by atoms with E-state index in [1.54, 1.807) is 9.80 Å². The third-order valence-corrected chi connectivity index (χ3v) is 5.40. The number of para-hydroxylation sites is 1. The fourth-order valence-corrected chi connectivity index (χ4v) is 4.36. The molecule has 1 aromatic carbocycles. The van der Waals surface area contributed by atoms with Crippen LogP contribution in [0.2, 0.25) is 0 Å². The fraction of sp³-hybridized carbons (Fsp3) is 0.619. The number of benzene rings is 1. The highest BCUT2D eigenvalue weighted by Gasteiger charge is 2.39. The summed E-state index contributed by atoms with van der Waals surface area (Å²) in [5.74, 6) is -0.0734. The number of carbonyl (C=O) groups excluding carboxylic acids is 2. The highest BCUT2D eigenvalue weighted by Crippen LogP contribution is 2.33. The Hall–Kier alpha value is -1.92. The van der Waals surface area contributed by atoms with Gasteiger partial charge < -0.3 is 9.64 Å². The van der Waals surface area contributed by atoms with E-state index in [9.17, 15) is 9.59 Å². The van der Waals surface area contributed by atoms with Gasteiger partial charge >= 0.3 is 0 Å². The van der Waals surface area contributed by atoms with Crippen LogP contribution in [-0.4, -0.2) is 74.1 Å². The molecule has 2 amide bonds. The highest BCUT2D eigenvalue weighted by atomic mass is 16.5. The van der Waals surface area contributed by atoms with Crippen molar-refractivity contribution < 1.29 is 14.3 Å². The molecule has 2 aliphatic heterocycles. The molecule has 6 heteroatoms. The number of morpholine rings is 1. The van der Waals surface area contributed by atoms with Gasteiger partial charge in [0.25, 0.3) is 0 Å². The van der Waals surface area contributed by atoms with Crippen LogP contribution in [-0.2, 0) is 20.7 Å². The summed E-state index contributed by atoms with van der Waals surface area (Å²) in [6.45, 7) is 10.9. The number of ether oxygens (including phenoxy) is 1. The van der Waals surface area contributed by atoms with Crippen molar-refractivity contribution in [1.82, 2.24) is 9.80 Å². The van der Waals surface area contributed by atoms with Gasteiger partial charge in [-0.2, -0.15) is 0 Å². The van der Waals surface area contributed by atoms with Crippen molar-refractivity contribution in [2.24, 2.45) is 5.41 Å². The second-order valence-corrected chi connectivity index (χ2v) is 8.48. The summed E-state index contributed by atoms with van der Waals surface area (Å²) in [5.41, 5.74) is 1.89. The summed E-state index contributed by atoms with van der Waals surface area (Å²) in [6.07, 6.45) is 0.586. The summed E-state index contributed by atoms with van der Waals surface area (Å²) in [7, 11) is 1.85. The molecule has 0 bridgehead atoms. The second-order valence-electron chi connectivity index (χ2n) is 8.48. The molecule has 2 heterocycles. The first-order chi connectivity index (χ1) is 12.8. The number of rotatable bonds is 5. The molecule has 1 aromatic rings. The zero-order valence-corrected chi connectivity index (χ0v) is 16.9. The first-order valence-corrected chi connectivity index (χ1v) is 9.71. The largest absolute Gasteiger partial charge is 0.379 e. The van der Waals surface area contributed by atoms with Crippen molar-refractivity contribution in [3.8, 4) is 0 Å². The van der Waals surface area contributed by atoms with Gasteiger partial charge in [-0.15, -0.1) is 0 Å². The maximum atomic E-state index is 13.2. The number of likely N-dealkylation sites (N-methyl/N-ethyl adjacent to an activating group) is 1. The minimum Gasteiger partial charge on any atom is -0.379 e. The van der Waals surface area contributed by atoms with E-state index in [-0.39, 0.29) is 17.2 Å². The maximum absolute atomic E-state index is 13.2. The van der Waals surface area contributed by atoms with E-state index in [4.69, 9.17) is 4.74 Å². The smallest absolute Gasteiger partial charge is 0.245 e. The normalized spacial score (nSPS) is 20.4. The lowest BCUT2D eigenvalue weighted by Crippen LogP contribution is -2.51. The monoisotopic (exact) mass is 373 g/mol. The maximum Gasteiger partial charge on any atom is 0.245 e. The molecule has 0 aromatic heterocycles. The van der Waals surface area contributed by atoms with Crippen LogP contribution < -0.4 is 4.90 Å². The molecule has 148 valence electrons. The Bertz CT molecular complexity index is 698. The molecule has 27 heavy (non-hydrogen) atoms. The molecule has 0 spiro atoms. The summed E-state index contributed by atoms with van der Waals surface area (Å²) in [6, 6.07) is 7.35. The molecule has 1 atom stereocenters. The van der Waals surface area contributed by atoms with Crippen LogP contribution in [0.5, 0.6) is 0 Å². The lowest BCUT2D eigenvalue weighted by atomic mass is 9.91. The third kappa shape index (κ3) is 4.50. The Morgan fingerprint density at radius 1 is 1.22 bits per heavy atom. The number of hydrogen-bond donors (Lipinski definition) is 0. The predicted octanol–water partition coefficient (Wildman–Crippen LogP) is 1.78. The molecule has 0 unspecified atom stereocenters. The fourth-order valence-electron chi connectivity index (χ4n) is 4.36. The Labute approximate surface area is 162 Å². The molecule has 0 N–H and O–H groups in total. The highest BCUT2D eigenvalue weighted by molar-refractivity contribution is 6.02. The van der Waals surface area contributed by atoms with Crippen LogP contribution in [0.15, 0.2) is 24.3 Å². The molecule has 3 rings (SSSR count). The zero-order chi connectivity index (χ0) is 19.6. The van der Waals surface area contributed by atoms with Gasteiger partial charge in [0.15, 0.2) is 0 Å². The van der Waals surface area contributed by atoms with Gasteiger partial charge in [0.1, 0.15) is 6.04 Å². The standard InChI is InChI=1S/C21H31N3O3/c1-16(25)24-18-8-6-5-7-17(18)13-19(24)20(26)22(4)14-21(2,3)15-23-9-11-27-12-10-23/h5-8,19H,9-15H2,1-4H3/t19-/m0/s1. The van der Waals surface area contributed by atoms with Gasteiger partial charge in [-0.05, 0) is 17.0 Å². The molecule has 0 saturated carbocycles. The quantitative estimate of drug-likeness (QED) is 0.790. The molecule has 6 nitrogen and oxygen atoms in total. The van der Waals surface area contributed by atoms with Gasteiger partial charge in [-0.1, -0.05) is 32.0 Å². The van der Waals surface area contributed by atoms with Gasteiger partial charge in [0.05, 0.1) is 13.2 Å². The van der Waals surface area contributed by atoms with Crippen molar-refractivity contribution in [2.45, 2.75) is 33.2 Å². The van der Waals surface area contributed by atoms with Gasteiger partial charge in [-0.25, -0.2) is 0 Å². The second kappa shape index (κ2) is 7.98. The van der Waals surface area contributed by atoms with Crippen molar-refractivity contribution >= 4 is 17.5 Å². The van der Waals surface area contributed by atoms with E-state index in [1.807, 2.05) is 31.3 Å². The minimum absolute atomic E-state index is 0.0106. The number of nitrogens with zero attached hydrogens (tertiary/aromatic N) is 3. The SMILES string of the molecule is CC(=O)N1c2ccccc2C[C@H]1C(=O)N(C)CC(C)(C)CN1CCOCC1. The zero-order valence-electron chi connectivity index (χ0n) is 16.9. The van der Waals surface area contributed by atoms with E-state index in [2.05, 4.69) is 18.7 Å². The Balaban J connectivity index is 1.66. The Morgan fingerprint density at radius 2 is 1.89 bits per heavy atom. The molecular formula is C21H31N3O3. The van der Waals surface area contributed by atoms with Crippen LogP contribution in [0.1, 0.15) is 26.3 Å². The third-order valence-electron chi connectivity index (χ3n) is 5.40. The summed E-state index contributed by atoms with van der Waals surface area (Å²) < 4.78 is 5.42. The molecule has 0 radical (unpaired) electrons. The first-order valence-electron chi connectivity index (χ1n) is 9.71. The number of amides is 2. The molecule has 1 saturated heterocycles. The number of fused-ring (bicyclic) bond motifs is 1. The summed E-state index contributed by atoms with van der Waals surface area (Å²) in [4.78, 5) is 31.3. The summed E-state index contributed by atoms with van der Waals surface area (Å²) in [5, 5.41) is 0. The van der Waals surface area contributed by atoms with E-state index < -0.39 is 6.04 Å². The van der Waals surface area contributed by atoms with Crippen LogP contribution >= 0.6 is 0 Å². The Kier molecular flexibility index (Phi) is 5.86. The van der Waals surface area contributed by atoms with E-state index in [1.165, 1.54) is 6.92 Å². The van der Waals surface area contributed by atoms with Crippen LogP contribution in [0.3, 0.4) is 0 Å². The van der Waals surface area contributed by atoms with Gasteiger partial charge in [0.2, 0.25) is 11.8 Å². The van der Waals surface area contributed by atoms with Crippen molar-refractivity contribution in [2.75, 3.05) is 51.3 Å². The van der Waals surface area contributed by atoms with E-state index in [0.29, 0.717) is 13.0 Å². The molecular weight excluding hydrogens is 342 g/mol. The van der Waals surface area contributed by atoms with E-state index >= 15 is 0 Å². The average molecular weight is 373 g/mol. The van der Waals surface area contributed by atoms with Crippen molar-refractivity contribution in [3.63, 3.8) is 0 Å². The van der Waals surface area contributed by atoms with Crippen LogP contribution in [0, 0.1) is 5.41 Å². The number of hydrogen-bond acceptors (Lipinski definition) is 4. The average Bonchev–Trinajstić information content (AvgIpc) is 3.00. The predicted molar refractivity (Wildman–Crippen MR) is 106 cm³/mol. The number of anilines is 1. The van der Waals surface area contributed by atoms with Gasteiger partial charge in [-0.3, -0.25) is 19.4 Å². The molecule has 2 aliphatic rings. The Morgan fingerprint density at radius 3 is 2.56 bits per heavy atom. The van der Waals surface area contributed by atoms with Crippen LogP contribution in [0.4, 0.5) is 5.69 Å². The molecule has 0 aliphatic carbocycles.